The predicted molar refractivity (Wildman–Crippen MR) is 139 cm³/mol. The Kier molecular flexibility index (Phi) is 6.97. The summed E-state index contributed by atoms with van der Waals surface area (Å²) in [5.41, 5.74) is 5.33. The summed E-state index contributed by atoms with van der Waals surface area (Å²) >= 11 is 0. The largest absolute Gasteiger partial charge is 0.337 e. The van der Waals surface area contributed by atoms with Crippen molar-refractivity contribution in [2.45, 2.75) is 6.54 Å². The van der Waals surface area contributed by atoms with Gasteiger partial charge in [-0.1, -0.05) is 30.3 Å². The number of amides is 1. The van der Waals surface area contributed by atoms with Crippen molar-refractivity contribution in [1.82, 2.24) is 24.6 Å². The van der Waals surface area contributed by atoms with Gasteiger partial charge in [0.1, 0.15) is 5.69 Å². The zero-order valence-electron chi connectivity index (χ0n) is 19.9. The standard InChI is InChI=1S/C29H26N6O/c30-19-23-8-10-24(11-9-23)21-33-15-17-34(18-16-33)28(36)13-12-26-22-35(27-6-2-1-3-7-27)32-29(26)25-5-4-14-31-20-25/h1-14,20,22H,15-18,21H2. The first-order valence-electron chi connectivity index (χ1n) is 11.9. The second-order valence-electron chi connectivity index (χ2n) is 8.70. The van der Waals surface area contributed by atoms with Gasteiger partial charge in [-0.2, -0.15) is 10.4 Å². The Labute approximate surface area is 210 Å². The first-order valence-corrected chi connectivity index (χ1v) is 11.9. The molecule has 1 aliphatic rings. The fraction of sp³-hybridized carbons (Fsp3) is 0.172. The number of nitriles is 1. The van der Waals surface area contributed by atoms with Crippen LogP contribution < -0.4 is 0 Å². The van der Waals surface area contributed by atoms with Gasteiger partial charge in [0.15, 0.2) is 0 Å². The van der Waals surface area contributed by atoms with Gasteiger partial charge >= 0.3 is 0 Å². The molecule has 2 aromatic carbocycles. The lowest BCUT2D eigenvalue weighted by Crippen LogP contribution is -2.47. The molecule has 7 heteroatoms. The number of pyridine rings is 1. The molecule has 0 spiro atoms. The van der Waals surface area contributed by atoms with Gasteiger partial charge in [0.2, 0.25) is 5.91 Å². The number of carbonyl (C=O) groups excluding carboxylic acids is 1. The van der Waals surface area contributed by atoms with Crippen LogP contribution in [0.1, 0.15) is 16.7 Å². The maximum atomic E-state index is 13.0. The number of carbonyl (C=O) groups is 1. The van der Waals surface area contributed by atoms with Gasteiger partial charge in [-0.3, -0.25) is 14.7 Å². The van der Waals surface area contributed by atoms with E-state index in [1.165, 1.54) is 5.56 Å². The molecule has 3 heterocycles. The third-order valence-electron chi connectivity index (χ3n) is 6.28. The summed E-state index contributed by atoms with van der Waals surface area (Å²) in [7, 11) is 0. The highest BCUT2D eigenvalue weighted by Gasteiger charge is 2.20. The maximum absolute atomic E-state index is 13.0. The van der Waals surface area contributed by atoms with Crippen molar-refractivity contribution in [3.8, 4) is 23.0 Å². The molecule has 1 fully saturated rings. The molecule has 36 heavy (non-hydrogen) atoms. The van der Waals surface area contributed by atoms with Crippen molar-refractivity contribution in [3.05, 3.63) is 108 Å². The van der Waals surface area contributed by atoms with Crippen LogP contribution in [0.25, 0.3) is 23.0 Å². The average Bonchev–Trinajstić information content (AvgIpc) is 3.38. The van der Waals surface area contributed by atoms with E-state index in [9.17, 15) is 4.79 Å². The van der Waals surface area contributed by atoms with E-state index in [0.29, 0.717) is 18.7 Å². The Balaban J connectivity index is 1.26. The number of hydrogen-bond acceptors (Lipinski definition) is 5. The quantitative estimate of drug-likeness (QED) is 0.392. The van der Waals surface area contributed by atoms with Crippen LogP contribution in [-0.2, 0) is 11.3 Å². The highest BCUT2D eigenvalue weighted by atomic mass is 16.2. The molecule has 0 unspecified atom stereocenters. The number of piperazine rings is 1. The van der Waals surface area contributed by atoms with E-state index in [2.05, 4.69) is 16.0 Å². The Morgan fingerprint density at radius 3 is 2.44 bits per heavy atom. The summed E-state index contributed by atoms with van der Waals surface area (Å²) in [4.78, 5) is 21.4. The highest BCUT2D eigenvalue weighted by Crippen LogP contribution is 2.24. The van der Waals surface area contributed by atoms with E-state index >= 15 is 0 Å². The van der Waals surface area contributed by atoms with Gasteiger partial charge in [-0.15, -0.1) is 0 Å². The molecule has 0 radical (unpaired) electrons. The zero-order valence-corrected chi connectivity index (χ0v) is 19.9. The molecule has 2 aromatic heterocycles. The molecule has 7 nitrogen and oxygen atoms in total. The van der Waals surface area contributed by atoms with Gasteiger partial charge in [-0.05, 0) is 48.0 Å². The van der Waals surface area contributed by atoms with E-state index in [0.717, 1.165) is 42.1 Å². The minimum Gasteiger partial charge on any atom is -0.337 e. The Morgan fingerprint density at radius 2 is 1.75 bits per heavy atom. The Bertz CT molecular complexity index is 1380. The van der Waals surface area contributed by atoms with Crippen molar-refractivity contribution in [1.29, 1.82) is 5.26 Å². The molecule has 0 atom stereocenters. The molecule has 5 rings (SSSR count). The summed E-state index contributed by atoms with van der Waals surface area (Å²) in [5.74, 6) is -0.00220. The topological polar surface area (TPSA) is 78.0 Å². The van der Waals surface area contributed by atoms with Gasteiger partial charge in [0.25, 0.3) is 0 Å². The Hall–Kier alpha value is -4.54. The van der Waals surface area contributed by atoms with Crippen LogP contribution in [-0.4, -0.2) is 56.7 Å². The van der Waals surface area contributed by atoms with Crippen molar-refractivity contribution in [2.75, 3.05) is 26.2 Å². The summed E-state index contributed by atoms with van der Waals surface area (Å²) in [6.45, 7) is 3.80. The highest BCUT2D eigenvalue weighted by molar-refractivity contribution is 5.93. The molecule has 178 valence electrons. The minimum atomic E-state index is -0.00220. The van der Waals surface area contributed by atoms with Gasteiger partial charge in [0, 0.05) is 68.5 Å². The molecule has 4 aromatic rings. The summed E-state index contributed by atoms with van der Waals surface area (Å²) in [6.07, 6.45) is 8.95. The first-order chi connectivity index (χ1) is 17.7. The van der Waals surface area contributed by atoms with Gasteiger partial charge < -0.3 is 4.90 Å². The number of rotatable bonds is 6. The van der Waals surface area contributed by atoms with Crippen molar-refractivity contribution in [2.24, 2.45) is 0 Å². The summed E-state index contributed by atoms with van der Waals surface area (Å²) in [5, 5.41) is 13.7. The molecular formula is C29H26N6O. The van der Waals surface area contributed by atoms with E-state index in [-0.39, 0.29) is 5.91 Å². The molecule has 0 aliphatic carbocycles. The number of aromatic nitrogens is 3. The van der Waals surface area contributed by atoms with Gasteiger partial charge in [-0.25, -0.2) is 4.68 Å². The molecule has 1 saturated heterocycles. The van der Waals surface area contributed by atoms with Crippen LogP contribution in [0.5, 0.6) is 0 Å². The lowest BCUT2D eigenvalue weighted by atomic mass is 10.1. The molecule has 0 saturated carbocycles. The number of hydrogen-bond donors (Lipinski definition) is 0. The number of para-hydroxylation sites is 1. The van der Waals surface area contributed by atoms with E-state index in [4.69, 9.17) is 10.4 Å². The molecule has 1 amide bonds. The van der Waals surface area contributed by atoms with Crippen LogP contribution in [0.3, 0.4) is 0 Å². The van der Waals surface area contributed by atoms with Crippen molar-refractivity contribution < 1.29 is 4.79 Å². The lowest BCUT2D eigenvalue weighted by Gasteiger charge is -2.34. The van der Waals surface area contributed by atoms with Crippen LogP contribution in [0, 0.1) is 11.3 Å². The smallest absolute Gasteiger partial charge is 0.246 e. The van der Waals surface area contributed by atoms with E-state index < -0.39 is 0 Å². The van der Waals surface area contributed by atoms with Gasteiger partial charge in [0.05, 0.1) is 17.3 Å². The lowest BCUT2D eigenvalue weighted by molar-refractivity contribution is -0.127. The third kappa shape index (κ3) is 5.40. The number of benzene rings is 2. The van der Waals surface area contributed by atoms with Crippen LogP contribution >= 0.6 is 0 Å². The molecule has 0 N–H and O–H groups in total. The van der Waals surface area contributed by atoms with Crippen molar-refractivity contribution >= 4 is 12.0 Å². The third-order valence-corrected chi connectivity index (χ3v) is 6.28. The molecular weight excluding hydrogens is 448 g/mol. The summed E-state index contributed by atoms with van der Waals surface area (Å²) < 4.78 is 1.83. The molecule has 1 aliphatic heterocycles. The Morgan fingerprint density at radius 1 is 0.972 bits per heavy atom. The van der Waals surface area contributed by atoms with Crippen LogP contribution in [0.15, 0.2) is 91.4 Å². The van der Waals surface area contributed by atoms with E-state index in [1.54, 1.807) is 18.5 Å². The first kappa shape index (κ1) is 23.2. The fourth-order valence-corrected chi connectivity index (χ4v) is 4.29. The van der Waals surface area contributed by atoms with Crippen molar-refractivity contribution in [3.63, 3.8) is 0 Å². The average molecular weight is 475 g/mol. The monoisotopic (exact) mass is 474 g/mol. The van der Waals surface area contributed by atoms with Crippen LogP contribution in [0.4, 0.5) is 0 Å². The fourth-order valence-electron chi connectivity index (χ4n) is 4.29. The van der Waals surface area contributed by atoms with E-state index in [1.807, 2.05) is 88.6 Å². The molecule has 0 bridgehead atoms. The second-order valence-corrected chi connectivity index (χ2v) is 8.70. The number of nitrogens with zero attached hydrogens (tertiary/aromatic N) is 6. The second kappa shape index (κ2) is 10.8. The van der Waals surface area contributed by atoms with Crippen LogP contribution in [0.2, 0.25) is 0 Å². The minimum absolute atomic E-state index is 0.00220. The summed E-state index contributed by atoms with van der Waals surface area (Å²) in [6, 6.07) is 23.6. The SMILES string of the molecule is N#Cc1ccc(CN2CCN(C(=O)C=Cc3cn(-c4ccccc4)nc3-c3cccnc3)CC2)cc1. The predicted octanol–water partition coefficient (Wildman–Crippen LogP) is 4.16. The zero-order chi connectivity index (χ0) is 24.7. The maximum Gasteiger partial charge on any atom is 0.246 e. The normalized spacial score (nSPS) is 14.1.